The second-order valence-electron chi connectivity index (χ2n) is 5.67. The summed E-state index contributed by atoms with van der Waals surface area (Å²) in [6, 6.07) is 17.0. The normalized spacial score (nSPS) is 17.3. The van der Waals surface area contributed by atoms with E-state index in [9.17, 15) is 0 Å². The maximum atomic E-state index is 5.97. The van der Waals surface area contributed by atoms with Crippen LogP contribution in [-0.4, -0.2) is 6.54 Å². The van der Waals surface area contributed by atoms with Crippen molar-refractivity contribution >= 4 is 0 Å². The molecule has 1 aliphatic carbocycles. The summed E-state index contributed by atoms with van der Waals surface area (Å²) in [6.07, 6.45) is 4.85. The Balaban J connectivity index is 1.81. The molecule has 2 nitrogen and oxygen atoms in total. The van der Waals surface area contributed by atoms with E-state index in [4.69, 9.17) is 4.74 Å². The number of benzene rings is 2. The van der Waals surface area contributed by atoms with Crippen LogP contribution in [0.4, 0.5) is 0 Å². The molecule has 0 spiro atoms. The van der Waals surface area contributed by atoms with Crippen molar-refractivity contribution in [2.45, 2.75) is 38.6 Å². The minimum Gasteiger partial charge on any atom is -0.457 e. The molecule has 1 N–H and O–H groups in total. The Bertz CT molecular complexity index is 579. The molecule has 3 rings (SSSR count). The van der Waals surface area contributed by atoms with Crippen LogP contribution in [0.5, 0.6) is 11.5 Å². The molecule has 0 saturated heterocycles. The van der Waals surface area contributed by atoms with Gasteiger partial charge in [-0.05, 0) is 67.6 Å². The fourth-order valence-corrected chi connectivity index (χ4v) is 3.00. The zero-order chi connectivity index (χ0) is 14.5. The molecule has 2 heteroatoms. The fraction of sp³-hybridized carbons (Fsp3) is 0.368. The second-order valence-corrected chi connectivity index (χ2v) is 5.67. The highest BCUT2D eigenvalue weighted by atomic mass is 16.5. The number of fused-ring (bicyclic) bond motifs is 1. The van der Waals surface area contributed by atoms with Gasteiger partial charge in [0.2, 0.25) is 0 Å². The Morgan fingerprint density at radius 1 is 1.10 bits per heavy atom. The van der Waals surface area contributed by atoms with Crippen LogP contribution in [0, 0.1) is 0 Å². The van der Waals surface area contributed by atoms with Crippen LogP contribution < -0.4 is 10.1 Å². The van der Waals surface area contributed by atoms with E-state index in [0.717, 1.165) is 18.0 Å². The predicted molar refractivity (Wildman–Crippen MR) is 86.9 cm³/mol. The summed E-state index contributed by atoms with van der Waals surface area (Å²) < 4.78 is 5.97. The van der Waals surface area contributed by atoms with Gasteiger partial charge in [-0.2, -0.15) is 0 Å². The van der Waals surface area contributed by atoms with Gasteiger partial charge < -0.3 is 10.1 Å². The molecule has 0 radical (unpaired) electrons. The molecule has 0 fully saturated rings. The van der Waals surface area contributed by atoms with Crippen molar-refractivity contribution in [3.8, 4) is 11.5 Å². The van der Waals surface area contributed by atoms with Crippen LogP contribution in [0.25, 0.3) is 0 Å². The zero-order valence-electron chi connectivity index (χ0n) is 12.6. The average Bonchev–Trinajstić information content (AvgIpc) is 2.54. The van der Waals surface area contributed by atoms with Crippen molar-refractivity contribution in [3.05, 3.63) is 59.7 Å². The van der Waals surface area contributed by atoms with E-state index in [2.05, 4.69) is 30.4 Å². The Kier molecular flexibility index (Phi) is 4.56. The number of nitrogens with one attached hydrogen (secondary N) is 1. The maximum absolute atomic E-state index is 5.97. The standard InChI is InChI=1S/C19H23NO/c1-2-13-20-19-10-6-7-15-11-12-17(14-18(15)19)21-16-8-4-3-5-9-16/h3-5,8-9,11-12,14,19-20H,2,6-7,10,13H2,1H3. The van der Waals surface area contributed by atoms with Crippen molar-refractivity contribution in [1.29, 1.82) is 0 Å². The highest BCUT2D eigenvalue weighted by molar-refractivity contribution is 5.41. The fourth-order valence-electron chi connectivity index (χ4n) is 3.00. The first-order valence-corrected chi connectivity index (χ1v) is 7.96. The molecule has 0 heterocycles. The van der Waals surface area contributed by atoms with Crippen LogP contribution in [-0.2, 0) is 6.42 Å². The topological polar surface area (TPSA) is 21.3 Å². The Morgan fingerprint density at radius 3 is 2.76 bits per heavy atom. The van der Waals surface area contributed by atoms with Gasteiger partial charge in [-0.15, -0.1) is 0 Å². The highest BCUT2D eigenvalue weighted by Crippen LogP contribution is 2.33. The Morgan fingerprint density at radius 2 is 1.95 bits per heavy atom. The largest absolute Gasteiger partial charge is 0.457 e. The van der Waals surface area contributed by atoms with E-state index < -0.39 is 0 Å². The summed E-state index contributed by atoms with van der Waals surface area (Å²) >= 11 is 0. The van der Waals surface area contributed by atoms with E-state index in [0.29, 0.717) is 6.04 Å². The number of ether oxygens (including phenoxy) is 1. The van der Waals surface area contributed by atoms with Crippen LogP contribution >= 0.6 is 0 Å². The van der Waals surface area contributed by atoms with Gasteiger partial charge in [0.15, 0.2) is 0 Å². The SMILES string of the molecule is CCCNC1CCCc2ccc(Oc3ccccc3)cc21. The highest BCUT2D eigenvalue weighted by Gasteiger charge is 2.20. The Hall–Kier alpha value is -1.80. The maximum Gasteiger partial charge on any atom is 0.127 e. The molecular weight excluding hydrogens is 258 g/mol. The van der Waals surface area contributed by atoms with Crippen LogP contribution in [0.2, 0.25) is 0 Å². The summed E-state index contributed by atoms with van der Waals surface area (Å²) in [5.41, 5.74) is 2.89. The molecule has 0 aliphatic heterocycles. The molecule has 0 amide bonds. The molecule has 0 aromatic heterocycles. The van der Waals surface area contributed by atoms with Crippen LogP contribution in [0.15, 0.2) is 48.5 Å². The molecule has 0 bridgehead atoms. The quantitative estimate of drug-likeness (QED) is 0.845. The Labute approximate surface area is 127 Å². The molecule has 21 heavy (non-hydrogen) atoms. The van der Waals surface area contributed by atoms with Crippen LogP contribution in [0.1, 0.15) is 43.4 Å². The average molecular weight is 281 g/mol. The first-order chi connectivity index (χ1) is 10.4. The van der Waals surface area contributed by atoms with Crippen molar-refractivity contribution in [3.63, 3.8) is 0 Å². The van der Waals surface area contributed by atoms with E-state index in [1.54, 1.807) is 0 Å². The third kappa shape index (κ3) is 3.45. The van der Waals surface area contributed by atoms with Gasteiger partial charge in [-0.1, -0.05) is 31.2 Å². The van der Waals surface area contributed by atoms with Gasteiger partial charge in [0.05, 0.1) is 0 Å². The number of hydrogen-bond donors (Lipinski definition) is 1. The molecule has 110 valence electrons. The first kappa shape index (κ1) is 14.2. The summed E-state index contributed by atoms with van der Waals surface area (Å²) in [7, 11) is 0. The summed E-state index contributed by atoms with van der Waals surface area (Å²) in [4.78, 5) is 0. The smallest absolute Gasteiger partial charge is 0.127 e. The molecule has 2 aromatic rings. The molecular formula is C19H23NO. The van der Waals surface area contributed by atoms with Crippen molar-refractivity contribution in [2.24, 2.45) is 0 Å². The van der Waals surface area contributed by atoms with E-state index >= 15 is 0 Å². The van der Waals surface area contributed by atoms with Gasteiger partial charge in [0.25, 0.3) is 0 Å². The van der Waals surface area contributed by atoms with Crippen molar-refractivity contribution in [2.75, 3.05) is 6.54 Å². The van der Waals surface area contributed by atoms with Crippen molar-refractivity contribution in [1.82, 2.24) is 5.32 Å². The molecule has 1 aliphatic rings. The molecule has 1 atom stereocenters. The lowest BCUT2D eigenvalue weighted by molar-refractivity contribution is 0.450. The van der Waals surface area contributed by atoms with E-state index in [1.165, 1.54) is 36.8 Å². The van der Waals surface area contributed by atoms with Gasteiger partial charge >= 0.3 is 0 Å². The summed E-state index contributed by atoms with van der Waals surface area (Å²) in [6.45, 7) is 3.29. The molecule has 2 aromatic carbocycles. The zero-order valence-corrected chi connectivity index (χ0v) is 12.6. The van der Waals surface area contributed by atoms with Crippen LogP contribution in [0.3, 0.4) is 0 Å². The van der Waals surface area contributed by atoms with Gasteiger partial charge in [-0.3, -0.25) is 0 Å². The van der Waals surface area contributed by atoms with Crippen molar-refractivity contribution < 1.29 is 4.74 Å². The van der Waals surface area contributed by atoms with Gasteiger partial charge in [-0.25, -0.2) is 0 Å². The third-order valence-corrected chi connectivity index (χ3v) is 4.05. The molecule has 0 saturated carbocycles. The van der Waals surface area contributed by atoms with Gasteiger partial charge in [0, 0.05) is 6.04 Å². The lowest BCUT2D eigenvalue weighted by Gasteiger charge is -2.27. The van der Waals surface area contributed by atoms with E-state index in [1.807, 2.05) is 30.3 Å². The van der Waals surface area contributed by atoms with Gasteiger partial charge in [0.1, 0.15) is 11.5 Å². The number of hydrogen-bond acceptors (Lipinski definition) is 2. The number of rotatable bonds is 5. The predicted octanol–water partition coefficient (Wildman–Crippen LogP) is 4.86. The lowest BCUT2D eigenvalue weighted by atomic mass is 9.87. The molecule has 1 unspecified atom stereocenters. The van der Waals surface area contributed by atoms with E-state index in [-0.39, 0.29) is 0 Å². The first-order valence-electron chi connectivity index (χ1n) is 7.96. The third-order valence-electron chi connectivity index (χ3n) is 4.05. The summed E-state index contributed by atoms with van der Waals surface area (Å²) in [5.74, 6) is 1.83. The summed E-state index contributed by atoms with van der Waals surface area (Å²) in [5, 5.41) is 3.66. The number of para-hydroxylation sites is 1. The second kappa shape index (κ2) is 6.77. The minimum atomic E-state index is 0.480. The number of aryl methyl sites for hydroxylation is 1. The lowest BCUT2D eigenvalue weighted by Crippen LogP contribution is -2.25. The minimum absolute atomic E-state index is 0.480. The monoisotopic (exact) mass is 281 g/mol.